The van der Waals surface area contributed by atoms with Crippen molar-refractivity contribution in [3.05, 3.63) is 64.1 Å². The molecule has 1 unspecified atom stereocenters. The summed E-state index contributed by atoms with van der Waals surface area (Å²) in [6, 6.07) is 15.1. The lowest BCUT2D eigenvalue weighted by molar-refractivity contribution is 0.0999. The van der Waals surface area contributed by atoms with Crippen LogP contribution in [0.15, 0.2) is 53.0 Å². The van der Waals surface area contributed by atoms with Crippen LogP contribution in [0.25, 0.3) is 0 Å². The van der Waals surface area contributed by atoms with Crippen LogP contribution in [0.3, 0.4) is 0 Å². The Balaban J connectivity index is 2.01. The van der Waals surface area contributed by atoms with Gasteiger partial charge in [-0.1, -0.05) is 30.3 Å². The maximum absolute atomic E-state index is 11.1. The Kier molecular flexibility index (Phi) is 4.76. The Hall–Kier alpha value is -1.85. The third-order valence-corrected chi connectivity index (χ3v) is 3.64. The zero-order chi connectivity index (χ0) is 14.5. The molecule has 0 aliphatic heterocycles. The van der Waals surface area contributed by atoms with Crippen molar-refractivity contribution < 1.29 is 4.79 Å². The van der Waals surface area contributed by atoms with Gasteiger partial charge in [0.05, 0.1) is 5.56 Å². The average Bonchev–Trinajstić information content (AvgIpc) is 2.45. The Morgan fingerprint density at radius 2 is 1.90 bits per heavy atom. The molecule has 0 fully saturated rings. The summed E-state index contributed by atoms with van der Waals surface area (Å²) in [6.45, 7) is 0.604. The van der Waals surface area contributed by atoms with Crippen LogP contribution in [0, 0.1) is 0 Å². The summed E-state index contributed by atoms with van der Waals surface area (Å²) in [6.07, 6.45) is 0. The van der Waals surface area contributed by atoms with Gasteiger partial charge in [-0.2, -0.15) is 0 Å². The molecule has 4 nitrogen and oxygen atoms in total. The number of halogens is 1. The van der Waals surface area contributed by atoms with Crippen LogP contribution in [-0.2, 0) is 0 Å². The molecule has 0 aliphatic carbocycles. The van der Waals surface area contributed by atoms with Crippen molar-refractivity contribution in [1.82, 2.24) is 0 Å². The van der Waals surface area contributed by atoms with E-state index in [9.17, 15) is 4.79 Å². The van der Waals surface area contributed by atoms with Gasteiger partial charge in [-0.15, -0.1) is 0 Å². The highest BCUT2D eigenvalue weighted by atomic mass is 79.9. The number of amides is 1. The van der Waals surface area contributed by atoms with Crippen molar-refractivity contribution in [3.8, 4) is 0 Å². The first-order chi connectivity index (χ1) is 9.58. The quantitative estimate of drug-likeness (QED) is 0.786. The van der Waals surface area contributed by atoms with Gasteiger partial charge in [0.1, 0.15) is 0 Å². The van der Waals surface area contributed by atoms with Gasteiger partial charge in [-0.25, -0.2) is 0 Å². The summed E-state index contributed by atoms with van der Waals surface area (Å²) >= 11 is 3.33. The highest BCUT2D eigenvalue weighted by Crippen LogP contribution is 2.21. The predicted molar refractivity (Wildman–Crippen MR) is 84.5 cm³/mol. The molecule has 0 radical (unpaired) electrons. The topological polar surface area (TPSA) is 81.1 Å². The number of hydrogen-bond donors (Lipinski definition) is 3. The molecule has 2 aromatic rings. The van der Waals surface area contributed by atoms with E-state index in [1.165, 1.54) is 0 Å². The van der Waals surface area contributed by atoms with E-state index in [1.54, 1.807) is 6.07 Å². The molecule has 5 heteroatoms. The third-order valence-electron chi connectivity index (χ3n) is 2.99. The summed E-state index contributed by atoms with van der Waals surface area (Å²) in [7, 11) is 0. The van der Waals surface area contributed by atoms with Gasteiger partial charge in [-0.05, 0) is 39.7 Å². The number of benzene rings is 2. The Bertz CT molecular complexity index is 601. The van der Waals surface area contributed by atoms with Gasteiger partial charge in [0.2, 0.25) is 5.91 Å². The van der Waals surface area contributed by atoms with Crippen molar-refractivity contribution in [2.75, 3.05) is 11.9 Å². The molecule has 20 heavy (non-hydrogen) atoms. The first-order valence-corrected chi connectivity index (χ1v) is 7.01. The minimum absolute atomic E-state index is 0.0919. The molecule has 0 bridgehead atoms. The van der Waals surface area contributed by atoms with Crippen LogP contribution in [-0.4, -0.2) is 12.5 Å². The van der Waals surface area contributed by atoms with Crippen LogP contribution in [0.2, 0.25) is 0 Å². The minimum atomic E-state index is -0.454. The molecular weight excluding hydrogens is 318 g/mol. The molecule has 104 valence electrons. The number of carbonyl (C=O) groups excluding carboxylic acids is 1. The van der Waals surface area contributed by atoms with E-state index >= 15 is 0 Å². The molecule has 0 saturated heterocycles. The highest BCUT2D eigenvalue weighted by Gasteiger charge is 2.08. The highest BCUT2D eigenvalue weighted by molar-refractivity contribution is 9.10. The second-order valence-corrected chi connectivity index (χ2v) is 5.31. The standard InChI is InChI=1S/C15H16BrN3O/c16-13-8-11(6-7-12(13)15(18)20)19-9-14(17)10-4-2-1-3-5-10/h1-8,14,19H,9,17H2,(H2,18,20). The fourth-order valence-electron chi connectivity index (χ4n) is 1.87. The van der Waals surface area contributed by atoms with Gasteiger partial charge in [0, 0.05) is 22.7 Å². The molecule has 2 rings (SSSR count). The average molecular weight is 334 g/mol. The fourth-order valence-corrected chi connectivity index (χ4v) is 2.44. The second-order valence-electron chi connectivity index (χ2n) is 4.46. The van der Waals surface area contributed by atoms with Crippen LogP contribution in [0.5, 0.6) is 0 Å². The van der Waals surface area contributed by atoms with Crippen LogP contribution >= 0.6 is 15.9 Å². The van der Waals surface area contributed by atoms with E-state index < -0.39 is 5.91 Å². The zero-order valence-corrected chi connectivity index (χ0v) is 12.4. The van der Waals surface area contributed by atoms with E-state index in [0.29, 0.717) is 16.6 Å². The van der Waals surface area contributed by atoms with E-state index in [-0.39, 0.29) is 6.04 Å². The number of nitrogens with two attached hydrogens (primary N) is 2. The second kappa shape index (κ2) is 6.54. The molecule has 1 atom stereocenters. The van der Waals surface area contributed by atoms with E-state index in [2.05, 4.69) is 21.2 Å². The molecule has 0 saturated carbocycles. The summed E-state index contributed by atoms with van der Waals surface area (Å²) in [5.74, 6) is -0.454. The van der Waals surface area contributed by atoms with Gasteiger partial charge in [0.25, 0.3) is 0 Å². The predicted octanol–water partition coefficient (Wildman–Crippen LogP) is 2.66. The minimum Gasteiger partial charge on any atom is -0.383 e. The van der Waals surface area contributed by atoms with Crippen molar-refractivity contribution in [2.45, 2.75) is 6.04 Å². The smallest absolute Gasteiger partial charge is 0.249 e. The molecule has 0 aromatic heterocycles. The molecule has 2 aromatic carbocycles. The van der Waals surface area contributed by atoms with Crippen LogP contribution < -0.4 is 16.8 Å². The number of hydrogen-bond acceptors (Lipinski definition) is 3. The SMILES string of the molecule is NC(=O)c1ccc(NCC(N)c2ccccc2)cc1Br. The van der Waals surface area contributed by atoms with Crippen molar-refractivity contribution >= 4 is 27.5 Å². The zero-order valence-electron chi connectivity index (χ0n) is 10.8. The summed E-state index contributed by atoms with van der Waals surface area (Å²) in [4.78, 5) is 11.1. The lowest BCUT2D eigenvalue weighted by Crippen LogP contribution is -2.20. The molecule has 5 N–H and O–H groups in total. The van der Waals surface area contributed by atoms with E-state index in [1.807, 2.05) is 42.5 Å². The van der Waals surface area contributed by atoms with Gasteiger partial charge < -0.3 is 16.8 Å². The normalized spacial score (nSPS) is 11.9. The van der Waals surface area contributed by atoms with Crippen LogP contribution in [0.4, 0.5) is 5.69 Å². The van der Waals surface area contributed by atoms with E-state index in [0.717, 1.165) is 11.3 Å². The molecule has 0 spiro atoms. The molecular formula is C15H16BrN3O. The largest absolute Gasteiger partial charge is 0.383 e. The van der Waals surface area contributed by atoms with Crippen molar-refractivity contribution in [1.29, 1.82) is 0 Å². The number of primary amides is 1. The Morgan fingerprint density at radius 1 is 1.20 bits per heavy atom. The monoisotopic (exact) mass is 333 g/mol. The van der Waals surface area contributed by atoms with Gasteiger partial charge in [0.15, 0.2) is 0 Å². The van der Waals surface area contributed by atoms with Crippen molar-refractivity contribution in [3.63, 3.8) is 0 Å². The maximum atomic E-state index is 11.1. The maximum Gasteiger partial charge on any atom is 0.249 e. The first kappa shape index (κ1) is 14.6. The van der Waals surface area contributed by atoms with Gasteiger partial charge >= 0.3 is 0 Å². The van der Waals surface area contributed by atoms with E-state index in [4.69, 9.17) is 11.5 Å². The lowest BCUT2D eigenvalue weighted by Gasteiger charge is -2.14. The molecule has 0 heterocycles. The summed E-state index contributed by atoms with van der Waals surface area (Å²) < 4.78 is 0.670. The summed E-state index contributed by atoms with van der Waals surface area (Å²) in [5.41, 5.74) is 13.8. The third kappa shape index (κ3) is 3.59. The molecule has 0 aliphatic rings. The Labute approximate surface area is 126 Å². The first-order valence-electron chi connectivity index (χ1n) is 6.21. The summed E-state index contributed by atoms with van der Waals surface area (Å²) in [5, 5.41) is 3.24. The molecule has 1 amide bonds. The fraction of sp³-hybridized carbons (Fsp3) is 0.133. The van der Waals surface area contributed by atoms with Crippen LogP contribution in [0.1, 0.15) is 22.0 Å². The number of carbonyl (C=O) groups is 1. The van der Waals surface area contributed by atoms with Crippen molar-refractivity contribution in [2.24, 2.45) is 11.5 Å². The number of anilines is 1. The number of rotatable bonds is 5. The lowest BCUT2D eigenvalue weighted by atomic mass is 10.1. The number of nitrogens with one attached hydrogen (secondary N) is 1. The van der Waals surface area contributed by atoms with Gasteiger partial charge in [-0.3, -0.25) is 4.79 Å². The Morgan fingerprint density at radius 3 is 2.50 bits per heavy atom.